The summed E-state index contributed by atoms with van der Waals surface area (Å²) in [6.45, 7) is 3.72. The molecule has 0 amide bonds. The van der Waals surface area contributed by atoms with Gasteiger partial charge in [0.05, 0.1) is 4.90 Å². The minimum absolute atomic E-state index is 0.129. The molecule has 1 aliphatic rings. The van der Waals surface area contributed by atoms with Crippen molar-refractivity contribution in [3.63, 3.8) is 0 Å². The lowest BCUT2D eigenvalue weighted by Crippen LogP contribution is -2.13. The molecule has 0 saturated carbocycles. The van der Waals surface area contributed by atoms with Crippen LogP contribution in [-0.4, -0.2) is 14.2 Å². The Hall–Kier alpha value is -2.46. The summed E-state index contributed by atoms with van der Waals surface area (Å²) in [5, 5.41) is 0. The molecule has 0 saturated heterocycles. The van der Waals surface area contributed by atoms with E-state index in [4.69, 9.17) is 0 Å². The summed E-state index contributed by atoms with van der Waals surface area (Å²) < 4.78 is 23.1. The molecule has 2 aromatic carbocycles. The fraction of sp³-hybridized carbons (Fsp3) is 0.292. The molecule has 1 unspecified atom stereocenters. The topological polar surface area (TPSA) is 51.2 Å². The average Bonchev–Trinajstić information content (AvgIpc) is 2.72. The number of allylic oxidation sites excluding steroid dienone is 4. The predicted molar refractivity (Wildman–Crippen MR) is 114 cm³/mol. The molecular weight excluding hydrogens is 368 g/mol. The lowest BCUT2D eigenvalue weighted by molar-refractivity contribution is -0.113. The number of benzene rings is 2. The van der Waals surface area contributed by atoms with Gasteiger partial charge in [0.1, 0.15) is 0 Å². The summed E-state index contributed by atoms with van der Waals surface area (Å²) in [5.74, 6) is 0.448. The van der Waals surface area contributed by atoms with Crippen LogP contribution in [0.5, 0.6) is 0 Å². The van der Waals surface area contributed by atoms with Crippen molar-refractivity contribution in [2.75, 3.05) is 0 Å². The average molecular weight is 395 g/mol. The number of carbonyl (C=O) groups is 1. The number of rotatable bonds is 6. The quantitative estimate of drug-likeness (QED) is 0.555. The largest absolute Gasteiger partial charge is 0.295 e. The Kier molecular flexibility index (Phi) is 6.63. The molecule has 1 atom stereocenters. The first kappa shape index (κ1) is 20.3. The smallest absolute Gasteiger partial charge is 0.168 e. The minimum atomic E-state index is -2.61. The third-order valence-electron chi connectivity index (χ3n) is 5.59. The van der Waals surface area contributed by atoms with Gasteiger partial charge in [0, 0.05) is 6.42 Å². The van der Waals surface area contributed by atoms with Crippen LogP contribution in [0.2, 0.25) is 0 Å². The standard InChI is InChI=1S/C24H26O3S/c1-17(23(18(2)25)16-19-8-4-3-5-9-19)20-12-14-21(15-13-20)22-10-6-7-11-24(22)28(26)27/h3-11,14,20,28H,12-13,15-16H2,1-2H3/b23-17+. The second-order valence-electron chi connectivity index (χ2n) is 7.36. The molecule has 3 rings (SSSR count). The number of thiol groups is 1. The van der Waals surface area contributed by atoms with Gasteiger partial charge in [0.25, 0.3) is 0 Å². The first-order valence-electron chi connectivity index (χ1n) is 9.64. The van der Waals surface area contributed by atoms with Crippen molar-refractivity contribution in [2.24, 2.45) is 5.92 Å². The van der Waals surface area contributed by atoms with Crippen LogP contribution in [0.3, 0.4) is 0 Å². The van der Waals surface area contributed by atoms with E-state index in [1.54, 1.807) is 19.1 Å². The van der Waals surface area contributed by atoms with E-state index in [9.17, 15) is 13.2 Å². The summed E-state index contributed by atoms with van der Waals surface area (Å²) in [6.07, 6.45) is 5.38. The molecule has 2 aromatic rings. The lowest BCUT2D eigenvalue weighted by atomic mass is 9.80. The fourth-order valence-electron chi connectivity index (χ4n) is 3.96. The zero-order valence-corrected chi connectivity index (χ0v) is 17.2. The van der Waals surface area contributed by atoms with Gasteiger partial charge in [-0.05, 0) is 67.4 Å². The summed E-state index contributed by atoms with van der Waals surface area (Å²) in [6, 6.07) is 17.3. The van der Waals surface area contributed by atoms with Crippen LogP contribution in [0.4, 0.5) is 0 Å². The molecule has 0 N–H and O–H groups in total. The third-order valence-corrected chi connectivity index (χ3v) is 6.38. The van der Waals surface area contributed by atoms with Gasteiger partial charge >= 0.3 is 0 Å². The van der Waals surface area contributed by atoms with Crippen LogP contribution in [-0.2, 0) is 21.9 Å². The maximum Gasteiger partial charge on any atom is 0.168 e. The molecule has 28 heavy (non-hydrogen) atoms. The molecule has 0 radical (unpaired) electrons. The van der Waals surface area contributed by atoms with Gasteiger partial charge in [0.15, 0.2) is 16.5 Å². The Morgan fingerprint density at radius 3 is 2.29 bits per heavy atom. The second kappa shape index (κ2) is 9.16. The highest BCUT2D eigenvalue weighted by molar-refractivity contribution is 7.72. The van der Waals surface area contributed by atoms with Gasteiger partial charge in [-0.1, -0.05) is 60.2 Å². The van der Waals surface area contributed by atoms with Gasteiger partial charge in [-0.2, -0.15) is 0 Å². The van der Waals surface area contributed by atoms with Gasteiger partial charge < -0.3 is 0 Å². The van der Waals surface area contributed by atoms with E-state index in [0.717, 1.165) is 47.1 Å². The van der Waals surface area contributed by atoms with Crippen LogP contribution < -0.4 is 0 Å². The molecule has 3 nitrogen and oxygen atoms in total. The Morgan fingerprint density at radius 1 is 1.00 bits per heavy atom. The second-order valence-corrected chi connectivity index (χ2v) is 8.35. The van der Waals surface area contributed by atoms with Gasteiger partial charge in [-0.3, -0.25) is 4.79 Å². The van der Waals surface area contributed by atoms with Gasteiger partial charge in [0.2, 0.25) is 0 Å². The van der Waals surface area contributed by atoms with E-state index < -0.39 is 10.7 Å². The SMILES string of the molecule is CC(=O)/C(Cc1ccccc1)=C(\C)C1CC=C(c2ccccc2[SH](=O)=O)CC1. The zero-order chi connectivity index (χ0) is 20.1. The fourth-order valence-corrected chi connectivity index (χ4v) is 4.59. The summed E-state index contributed by atoms with van der Waals surface area (Å²) in [7, 11) is -2.61. The Bertz CT molecular complexity index is 990. The number of ketones is 1. The number of Topliss-reactive ketones (excluding diaryl/α,β-unsaturated/α-hetero) is 1. The Labute approximate surface area is 168 Å². The molecule has 0 heterocycles. The van der Waals surface area contributed by atoms with Crippen LogP contribution in [0.1, 0.15) is 44.2 Å². The van der Waals surface area contributed by atoms with Crippen LogP contribution >= 0.6 is 0 Å². The van der Waals surface area contributed by atoms with E-state index in [-0.39, 0.29) is 5.78 Å². The van der Waals surface area contributed by atoms with E-state index in [0.29, 0.717) is 17.2 Å². The molecular formula is C24H26O3S. The highest BCUT2D eigenvalue weighted by Crippen LogP contribution is 2.36. The predicted octanol–water partition coefficient (Wildman–Crippen LogP) is 4.99. The van der Waals surface area contributed by atoms with Crippen molar-refractivity contribution in [1.82, 2.24) is 0 Å². The summed E-state index contributed by atoms with van der Waals surface area (Å²) >= 11 is 0. The van der Waals surface area contributed by atoms with Crippen LogP contribution in [0.25, 0.3) is 5.57 Å². The number of carbonyl (C=O) groups excluding carboxylic acids is 1. The molecule has 0 spiro atoms. The van der Waals surface area contributed by atoms with E-state index in [2.05, 4.69) is 25.1 Å². The number of hydrogen-bond acceptors (Lipinski definition) is 3. The van der Waals surface area contributed by atoms with Crippen molar-refractivity contribution in [1.29, 1.82) is 0 Å². The lowest BCUT2D eigenvalue weighted by Gasteiger charge is -2.25. The molecule has 4 heteroatoms. The molecule has 146 valence electrons. The monoisotopic (exact) mass is 394 g/mol. The Balaban J connectivity index is 1.84. The maximum atomic E-state index is 12.3. The van der Waals surface area contributed by atoms with Crippen molar-refractivity contribution >= 4 is 22.1 Å². The van der Waals surface area contributed by atoms with Gasteiger partial charge in [-0.25, -0.2) is 8.42 Å². The van der Waals surface area contributed by atoms with Crippen LogP contribution in [0, 0.1) is 5.92 Å². The van der Waals surface area contributed by atoms with Crippen molar-refractivity contribution in [3.05, 3.63) is 82.9 Å². The number of hydrogen-bond donors (Lipinski definition) is 1. The zero-order valence-electron chi connectivity index (χ0n) is 16.4. The van der Waals surface area contributed by atoms with E-state index in [1.165, 1.54) is 0 Å². The normalized spacial score (nSPS) is 17.8. The van der Waals surface area contributed by atoms with E-state index in [1.807, 2.05) is 30.3 Å². The summed E-state index contributed by atoms with van der Waals surface area (Å²) in [5.41, 5.74) is 5.11. The maximum absolute atomic E-state index is 12.3. The summed E-state index contributed by atoms with van der Waals surface area (Å²) in [4.78, 5) is 12.7. The molecule has 0 aliphatic heterocycles. The first-order chi connectivity index (χ1) is 13.5. The third kappa shape index (κ3) is 4.68. The molecule has 0 bridgehead atoms. The van der Waals surface area contributed by atoms with Crippen molar-refractivity contribution in [2.45, 2.75) is 44.4 Å². The molecule has 1 aliphatic carbocycles. The highest BCUT2D eigenvalue weighted by atomic mass is 32.2. The molecule has 0 aromatic heterocycles. The molecule has 0 fully saturated rings. The highest BCUT2D eigenvalue weighted by Gasteiger charge is 2.22. The van der Waals surface area contributed by atoms with E-state index >= 15 is 0 Å². The van der Waals surface area contributed by atoms with Gasteiger partial charge in [-0.15, -0.1) is 0 Å². The van der Waals surface area contributed by atoms with Crippen molar-refractivity contribution < 1.29 is 13.2 Å². The first-order valence-corrected chi connectivity index (χ1v) is 10.8. The van der Waals surface area contributed by atoms with Crippen molar-refractivity contribution in [3.8, 4) is 0 Å². The van der Waals surface area contributed by atoms with Crippen LogP contribution in [0.15, 0.2) is 76.7 Å². The Morgan fingerprint density at radius 2 is 1.68 bits per heavy atom. The minimum Gasteiger partial charge on any atom is -0.295 e.